The van der Waals surface area contributed by atoms with Gasteiger partial charge in [-0.05, 0) is 61.1 Å². The molecule has 0 aromatic heterocycles. The number of rotatable bonds is 11. The van der Waals surface area contributed by atoms with Crippen molar-refractivity contribution in [3.8, 4) is 0 Å². The first-order valence-corrected chi connectivity index (χ1v) is 11.3. The summed E-state index contributed by atoms with van der Waals surface area (Å²) in [5, 5.41) is 0. The average Bonchev–Trinajstić information content (AvgIpc) is 2.63. The SMILES string of the molecule is CCCCCc1ccc(CCC2CCC(CCCCC)CC2)cc1C. The third-order valence-corrected chi connectivity index (χ3v) is 6.48. The molecule has 1 aromatic rings. The summed E-state index contributed by atoms with van der Waals surface area (Å²) >= 11 is 0. The van der Waals surface area contributed by atoms with E-state index in [9.17, 15) is 0 Å². The molecule has 0 aliphatic heterocycles. The molecule has 0 saturated heterocycles. The molecule has 2 rings (SSSR count). The molecule has 0 heteroatoms. The minimum atomic E-state index is 0.993. The van der Waals surface area contributed by atoms with Crippen LogP contribution in [0.15, 0.2) is 18.2 Å². The molecule has 0 radical (unpaired) electrons. The molecular formula is C25H42. The summed E-state index contributed by atoms with van der Waals surface area (Å²) in [6, 6.07) is 7.28. The van der Waals surface area contributed by atoms with Crippen LogP contribution in [-0.4, -0.2) is 0 Å². The highest BCUT2D eigenvalue weighted by Gasteiger charge is 2.20. The lowest BCUT2D eigenvalue weighted by molar-refractivity contribution is 0.249. The van der Waals surface area contributed by atoms with Crippen molar-refractivity contribution >= 4 is 0 Å². The van der Waals surface area contributed by atoms with Gasteiger partial charge in [-0.3, -0.25) is 0 Å². The number of hydrogen-bond donors (Lipinski definition) is 0. The summed E-state index contributed by atoms with van der Waals surface area (Å²) in [4.78, 5) is 0. The molecule has 0 atom stereocenters. The van der Waals surface area contributed by atoms with Crippen LogP contribution in [-0.2, 0) is 12.8 Å². The van der Waals surface area contributed by atoms with Gasteiger partial charge >= 0.3 is 0 Å². The Morgan fingerprint density at radius 1 is 0.760 bits per heavy atom. The highest BCUT2D eigenvalue weighted by atomic mass is 14.3. The predicted molar refractivity (Wildman–Crippen MR) is 112 cm³/mol. The second-order valence-electron chi connectivity index (χ2n) is 8.64. The second-order valence-corrected chi connectivity index (χ2v) is 8.64. The number of hydrogen-bond acceptors (Lipinski definition) is 0. The van der Waals surface area contributed by atoms with Crippen LogP contribution in [0.5, 0.6) is 0 Å². The quantitative estimate of drug-likeness (QED) is 0.357. The third kappa shape index (κ3) is 7.55. The Labute approximate surface area is 157 Å². The zero-order valence-corrected chi connectivity index (χ0v) is 17.3. The fourth-order valence-electron chi connectivity index (χ4n) is 4.62. The molecule has 0 amide bonds. The van der Waals surface area contributed by atoms with Crippen molar-refractivity contribution in [3.63, 3.8) is 0 Å². The molecule has 0 heterocycles. The second kappa shape index (κ2) is 11.8. The normalized spacial score (nSPS) is 20.8. The van der Waals surface area contributed by atoms with E-state index in [0.29, 0.717) is 0 Å². The highest BCUT2D eigenvalue weighted by molar-refractivity contribution is 5.31. The maximum atomic E-state index is 2.47. The van der Waals surface area contributed by atoms with Crippen LogP contribution >= 0.6 is 0 Å². The molecule has 1 aliphatic rings. The number of benzene rings is 1. The first kappa shape index (κ1) is 20.5. The lowest BCUT2D eigenvalue weighted by Gasteiger charge is -2.28. The van der Waals surface area contributed by atoms with Gasteiger partial charge in [-0.1, -0.05) is 96.3 Å². The Hall–Kier alpha value is -0.780. The first-order valence-electron chi connectivity index (χ1n) is 11.3. The molecule has 1 fully saturated rings. The Bertz CT molecular complexity index is 465. The Morgan fingerprint density at radius 3 is 2.04 bits per heavy atom. The van der Waals surface area contributed by atoms with Crippen molar-refractivity contribution in [3.05, 3.63) is 34.9 Å². The molecule has 142 valence electrons. The fourth-order valence-corrected chi connectivity index (χ4v) is 4.62. The van der Waals surface area contributed by atoms with Crippen molar-refractivity contribution in [2.24, 2.45) is 11.8 Å². The summed E-state index contributed by atoms with van der Waals surface area (Å²) < 4.78 is 0. The van der Waals surface area contributed by atoms with Crippen LogP contribution in [0.3, 0.4) is 0 Å². The van der Waals surface area contributed by atoms with Crippen LogP contribution in [0, 0.1) is 18.8 Å². The average molecular weight is 343 g/mol. The van der Waals surface area contributed by atoms with Gasteiger partial charge < -0.3 is 0 Å². The largest absolute Gasteiger partial charge is 0.0654 e. The van der Waals surface area contributed by atoms with E-state index in [2.05, 4.69) is 39.0 Å². The van der Waals surface area contributed by atoms with E-state index in [1.165, 1.54) is 95.5 Å². The zero-order chi connectivity index (χ0) is 17.9. The van der Waals surface area contributed by atoms with Gasteiger partial charge in [-0.15, -0.1) is 0 Å². The van der Waals surface area contributed by atoms with Gasteiger partial charge in [0.25, 0.3) is 0 Å². The summed E-state index contributed by atoms with van der Waals surface area (Å²) in [5.74, 6) is 2.04. The molecule has 25 heavy (non-hydrogen) atoms. The lowest BCUT2D eigenvalue weighted by atomic mass is 9.77. The van der Waals surface area contributed by atoms with Crippen molar-refractivity contribution in [2.45, 2.75) is 111 Å². The summed E-state index contributed by atoms with van der Waals surface area (Å²) in [6.07, 6.45) is 19.8. The fraction of sp³-hybridized carbons (Fsp3) is 0.760. The maximum absolute atomic E-state index is 2.47. The Kier molecular flexibility index (Phi) is 9.66. The zero-order valence-electron chi connectivity index (χ0n) is 17.3. The summed E-state index contributed by atoms with van der Waals surface area (Å²) in [7, 11) is 0. The van der Waals surface area contributed by atoms with Gasteiger partial charge in [0.2, 0.25) is 0 Å². The Balaban J connectivity index is 1.68. The predicted octanol–water partition coefficient (Wildman–Crippen LogP) is 8.05. The minimum absolute atomic E-state index is 0.993. The smallest absolute Gasteiger partial charge is 0.0276 e. The minimum Gasteiger partial charge on any atom is -0.0654 e. The van der Waals surface area contributed by atoms with E-state index in [1.807, 2.05) is 0 Å². The monoisotopic (exact) mass is 342 g/mol. The van der Waals surface area contributed by atoms with E-state index < -0.39 is 0 Å². The lowest BCUT2D eigenvalue weighted by Crippen LogP contribution is -2.15. The van der Waals surface area contributed by atoms with Crippen LogP contribution in [0.4, 0.5) is 0 Å². The van der Waals surface area contributed by atoms with Crippen LogP contribution in [0.25, 0.3) is 0 Å². The molecule has 0 N–H and O–H groups in total. The van der Waals surface area contributed by atoms with Gasteiger partial charge in [0, 0.05) is 0 Å². The van der Waals surface area contributed by atoms with Gasteiger partial charge in [0.05, 0.1) is 0 Å². The van der Waals surface area contributed by atoms with Crippen molar-refractivity contribution in [1.29, 1.82) is 0 Å². The molecule has 0 unspecified atom stereocenters. The highest BCUT2D eigenvalue weighted by Crippen LogP contribution is 2.34. The van der Waals surface area contributed by atoms with Gasteiger partial charge in [-0.25, -0.2) is 0 Å². The number of unbranched alkanes of at least 4 members (excludes halogenated alkanes) is 4. The van der Waals surface area contributed by atoms with Gasteiger partial charge in [-0.2, -0.15) is 0 Å². The van der Waals surface area contributed by atoms with E-state index in [-0.39, 0.29) is 0 Å². The van der Waals surface area contributed by atoms with Crippen LogP contribution in [0.1, 0.15) is 108 Å². The summed E-state index contributed by atoms with van der Waals surface area (Å²) in [6.45, 7) is 6.91. The topological polar surface area (TPSA) is 0 Å². The van der Waals surface area contributed by atoms with Crippen molar-refractivity contribution in [1.82, 2.24) is 0 Å². The number of aryl methyl sites for hydroxylation is 3. The molecular weight excluding hydrogens is 300 g/mol. The summed E-state index contributed by atoms with van der Waals surface area (Å²) in [5.41, 5.74) is 4.67. The molecule has 0 bridgehead atoms. The molecule has 1 aliphatic carbocycles. The van der Waals surface area contributed by atoms with Crippen LogP contribution in [0.2, 0.25) is 0 Å². The Morgan fingerprint density at radius 2 is 1.40 bits per heavy atom. The molecule has 1 aromatic carbocycles. The molecule has 1 saturated carbocycles. The first-order chi connectivity index (χ1) is 12.2. The van der Waals surface area contributed by atoms with E-state index in [1.54, 1.807) is 11.1 Å². The van der Waals surface area contributed by atoms with E-state index >= 15 is 0 Å². The van der Waals surface area contributed by atoms with Crippen LogP contribution < -0.4 is 0 Å². The van der Waals surface area contributed by atoms with Gasteiger partial charge in [0.1, 0.15) is 0 Å². The maximum Gasteiger partial charge on any atom is -0.0276 e. The van der Waals surface area contributed by atoms with E-state index in [0.717, 1.165) is 11.8 Å². The van der Waals surface area contributed by atoms with E-state index in [4.69, 9.17) is 0 Å². The third-order valence-electron chi connectivity index (χ3n) is 6.48. The molecule has 0 nitrogen and oxygen atoms in total. The van der Waals surface area contributed by atoms with Crippen molar-refractivity contribution in [2.75, 3.05) is 0 Å². The van der Waals surface area contributed by atoms with Crippen molar-refractivity contribution < 1.29 is 0 Å². The van der Waals surface area contributed by atoms with Gasteiger partial charge in [0.15, 0.2) is 0 Å². The standard InChI is InChI=1S/C25H42/c1-4-6-8-10-22-12-14-23(15-13-22)16-17-24-18-19-25(21(3)20-24)11-9-7-5-2/h18-20,22-23H,4-17H2,1-3H3. The molecule has 0 spiro atoms.